The molecule has 0 unspecified atom stereocenters. The molecule has 2 heterocycles. The molecule has 0 spiro atoms. The number of amides is 1. The number of pyridine rings is 1. The summed E-state index contributed by atoms with van der Waals surface area (Å²) in [6.45, 7) is 0.584. The van der Waals surface area contributed by atoms with E-state index in [4.69, 9.17) is 27.9 Å². The fourth-order valence-corrected chi connectivity index (χ4v) is 4.27. The molecular weight excluding hydrogens is 387 g/mol. The van der Waals surface area contributed by atoms with Crippen LogP contribution in [0.4, 0.5) is 0 Å². The van der Waals surface area contributed by atoms with E-state index in [0.717, 1.165) is 40.8 Å². The number of rotatable bonds is 3. The molecule has 0 fully saturated rings. The van der Waals surface area contributed by atoms with Crippen LogP contribution < -0.4 is 4.74 Å². The van der Waals surface area contributed by atoms with Gasteiger partial charge in [-0.2, -0.15) is 0 Å². The summed E-state index contributed by atoms with van der Waals surface area (Å²) in [6, 6.07) is 5.57. The van der Waals surface area contributed by atoms with Crippen LogP contribution in [-0.2, 0) is 11.2 Å². The van der Waals surface area contributed by atoms with Gasteiger partial charge < -0.3 is 14.7 Å². The summed E-state index contributed by atoms with van der Waals surface area (Å²) in [7, 11) is 1.60. The number of aliphatic hydroxyl groups excluding tert-OH is 1. The molecular formula is C20H18Cl2N2O3. The predicted octanol–water partition coefficient (Wildman–Crippen LogP) is 3.60. The quantitative estimate of drug-likeness (QED) is 0.848. The Morgan fingerprint density at radius 2 is 2.19 bits per heavy atom. The van der Waals surface area contributed by atoms with E-state index in [-0.39, 0.29) is 5.91 Å². The highest BCUT2D eigenvalue weighted by Gasteiger charge is 2.33. The number of aromatic nitrogens is 1. The van der Waals surface area contributed by atoms with Gasteiger partial charge in [0.05, 0.1) is 29.0 Å². The van der Waals surface area contributed by atoms with Gasteiger partial charge in [-0.15, -0.1) is 0 Å². The number of aliphatic hydroxyl groups is 1. The Hall–Kier alpha value is -2.08. The first kappa shape index (κ1) is 18.3. The van der Waals surface area contributed by atoms with Gasteiger partial charge in [0.25, 0.3) is 0 Å². The van der Waals surface area contributed by atoms with Crippen molar-refractivity contribution in [2.75, 3.05) is 26.8 Å². The molecule has 2 aliphatic rings. The molecule has 1 aliphatic carbocycles. The third-order valence-corrected chi connectivity index (χ3v) is 6.03. The molecule has 0 radical (unpaired) electrons. The fraction of sp³-hybridized carbons (Fsp3) is 0.300. The lowest BCUT2D eigenvalue weighted by molar-refractivity contribution is -0.133. The van der Waals surface area contributed by atoms with Crippen molar-refractivity contribution in [1.82, 2.24) is 9.88 Å². The molecule has 27 heavy (non-hydrogen) atoms. The number of hydrogen-bond donors (Lipinski definition) is 1. The zero-order valence-corrected chi connectivity index (χ0v) is 16.3. The SMILES string of the molecule is COc1ccc(-c2cc(Cl)c(Cl)c3c2C2=C(CCN(C(=O)CO)C2)C3)nc1. The third-order valence-electron chi connectivity index (χ3n) is 5.20. The Balaban J connectivity index is 1.84. The summed E-state index contributed by atoms with van der Waals surface area (Å²) >= 11 is 12.9. The van der Waals surface area contributed by atoms with Crippen molar-refractivity contribution in [3.05, 3.63) is 51.1 Å². The van der Waals surface area contributed by atoms with E-state index in [1.165, 1.54) is 5.57 Å². The number of carbonyl (C=O) groups is 1. The van der Waals surface area contributed by atoms with Crippen LogP contribution in [0.5, 0.6) is 5.75 Å². The number of fused-ring (bicyclic) bond motifs is 2. The van der Waals surface area contributed by atoms with Crippen molar-refractivity contribution >= 4 is 34.7 Å². The minimum atomic E-state index is -0.482. The van der Waals surface area contributed by atoms with Gasteiger partial charge in [-0.3, -0.25) is 9.78 Å². The average molecular weight is 405 g/mol. The molecule has 0 atom stereocenters. The van der Waals surface area contributed by atoms with E-state index in [1.54, 1.807) is 18.2 Å². The minimum absolute atomic E-state index is 0.265. The highest BCUT2D eigenvalue weighted by molar-refractivity contribution is 6.43. The first-order chi connectivity index (χ1) is 13.0. The number of hydrogen-bond acceptors (Lipinski definition) is 4. The predicted molar refractivity (Wildman–Crippen MR) is 105 cm³/mol. The number of methoxy groups -OCH3 is 1. The second-order valence-corrected chi connectivity index (χ2v) is 7.42. The summed E-state index contributed by atoms with van der Waals surface area (Å²) in [5.41, 5.74) is 6.01. The summed E-state index contributed by atoms with van der Waals surface area (Å²) < 4.78 is 5.19. The molecule has 0 saturated carbocycles. The van der Waals surface area contributed by atoms with E-state index in [9.17, 15) is 9.90 Å². The van der Waals surface area contributed by atoms with Gasteiger partial charge in [-0.1, -0.05) is 28.8 Å². The number of nitrogens with zero attached hydrogens (tertiary/aromatic N) is 2. The van der Waals surface area contributed by atoms with Crippen LogP contribution in [0.3, 0.4) is 0 Å². The Morgan fingerprint density at radius 1 is 1.37 bits per heavy atom. The lowest BCUT2D eigenvalue weighted by atomic mass is 9.94. The summed E-state index contributed by atoms with van der Waals surface area (Å²) in [5.74, 6) is 0.409. The Bertz CT molecular complexity index is 955. The lowest BCUT2D eigenvalue weighted by Gasteiger charge is -2.28. The Labute approximate surface area is 167 Å². The standard InChI is InChI=1S/C20H18Cl2N2O3/c1-27-12-2-3-17(23-8-12)13-7-16(21)20(22)14-6-11-4-5-24(18(26)10-25)9-15(11)19(13)14/h2-3,7-8,25H,4-6,9-10H2,1H3. The van der Waals surface area contributed by atoms with Crippen molar-refractivity contribution < 1.29 is 14.6 Å². The van der Waals surface area contributed by atoms with E-state index in [1.807, 2.05) is 18.2 Å². The second-order valence-electron chi connectivity index (χ2n) is 6.64. The molecule has 140 valence electrons. The van der Waals surface area contributed by atoms with Crippen LogP contribution in [0.25, 0.3) is 16.8 Å². The first-order valence-corrected chi connectivity index (χ1v) is 9.40. The van der Waals surface area contributed by atoms with Crippen LogP contribution in [0, 0.1) is 0 Å². The normalized spacial score (nSPS) is 15.6. The molecule has 1 aromatic heterocycles. The molecule has 1 amide bonds. The van der Waals surface area contributed by atoms with Gasteiger partial charge in [0, 0.05) is 18.7 Å². The summed E-state index contributed by atoms with van der Waals surface area (Å²) in [4.78, 5) is 18.2. The Morgan fingerprint density at radius 3 is 2.85 bits per heavy atom. The molecule has 4 rings (SSSR count). The van der Waals surface area contributed by atoms with Gasteiger partial charge in [0.1, 0.15) is 12.4 Å². The lowest BCUT2D eigenvalue weighted by Crippen LogP contribution is -2.37. The fourth-order valence-electron chi connectivity index (χ4n) is 3.83. The van der Waals surface area contributed by atoms with E-state index in [2.05, 4.69) is 4.98 Å². The largest absolute Gasteiger partial charge is 0.495 e. The van der Waals surface area contributed by atoms with Crippen molar-refractivity contribution in [3.8, 4) is 17.0 Å². The smallest absolute Gasteiger partial charge is 0.248 e. The van der Waals surface area contributed by atoms with Crippen molar-refractivity contribution in [3.63, 3.8) is 0 Å². The van der Waals surface area contributed by atoms with Crippen molar-refractivity contribution in [2.24, 2.45) is 0 Å². The van der Waals surface area contributed by atoms with Crippen LogP contribution in [-0.4, -0.2) is 47.7 Å². The zero-order chi connectivity index (χ0) is 19.1. The summed E-state index contributed by atoms with van der Waals surface area (Å²) in [5, 5.41) is 10.3. The maximum Gasteiger partial charge on any atom is 0.248 e. The number of halogens is 2. The van der Waals surface area contributed by atoms with Gasteiger partial charge in [0.15, 0.2) is 0 Å². The highest BCUT2D eigenvalue weighted by Crippen LogP contribution is 2.47. The van der Waals surface area contributed by atoms with Crippen LogP contribution in [0.15, 0.2) is 30.0 Å². The van der Waals surface area contributed by atoms with Gasteiger partial charge in [-0.25, -0.2) is 0 Å². The maximum atomic E-state index is 12.0. The molecule has 2 aromatic rings. The molecule has 5 nitrogen and oxygen atoms in total. The average Bonchev–Trinajstić information content (AvgIpc) is 3.09. The number of benzene rings is 1. The number of ether oxygens (including phenoxy) is 1. The van der Waals surface area contributed by atoms with Gasteiger partial charge in [0.2, 0.25) is 5.91 Å². The van der Waals surface area contributed by atoms with Gasteiger partial charge in [-0.05, 0) is 47.7 Å². The van der Waals surface area contributed by atoms with Crippen LogP contribution in [0.1, 0.15) is 17.5 Å². The maximum absolute atomic E-state index is 12.0. The second kappa shape index (κ2) is 7.15. The topological polar surface area (TPSA) is 62.7 Å². The molecule has 0 bridgehead atoms. The van der Waals surface area contributed by atoms with Crippen molar-refractivity contribution in [1.29, 1.82) is 0 Å². The first-order valence-electron chi connectivity index (χ1n) is 8.64. The van der Waals surface area contributed by atoms with Crippen molar-refractivity contribution in [2.45, 2.75) is 12.8 Å². The number of carbonyl (C=O) groups excluding carboxylic acids is 1. The van der Waals surface area contributed by atoms with Crippen LogP contribution in [0.2, 0.25) is 10.0 Å². The molecule has 1 aliphatic heterocycles. The minimum Gasteiger partial charge on any atom is -0.495 e. The molecule has 7 heteroatoms. The molecule has 0 saturated heterocycles. The monoisotopic (exact) mass is 404 g/mol. The van der Waals surface area contributed by atoms with E-state index in [0.29, 0.717) is 28.9 Å². The summed E-state index contributed by atoms with van der Waals surface area (Å²) in [6.07, 6.45) is 3.16. The molecule has 1 aromatic carbocycles. The van der Waals surface area contributed by atoms with Gasteiger partial charge >= 0.3 is 0 Å². The van der Waals surface area contributed by atoms with E-state index < -0.39 is 6.61 Å². The molecule has 1 N–H and O–H groups in total. The zero-order valence-electron chi connectivity index (χ0n) is 14.8. The van der Waals surface area contributed by atoms with Crippen LogP contribution >= 0.6 is 23.2 Å². The third kappa shape index (κ3) is 3.10. The highest BCUT2D eigenvalue weighted by atomic mass is 35.5. The Kier molecular flexibility index (Phi) is 4.84. The van der Waals surface area contributed by atoms with E-state index >= 15 is 0 Å².